The van der Waals surface area contributed by atoms with Gasteiger partial charge in [-0.15, -0.1) is 22.9 Å². The van der Waals surface area contributed by atoms with Gasteiger partial charge < -0.3 is 19.7 Å². The Bertz CT molecular complexity index is 906. The fourth-order valence-corrected chi connectivity index (χ4v) is 3.80. The number of thiophene rings is 1. The van der Waals surface area contributed by atoms with E-state index in [1.807, 2.05) is 0 Å². The summed E-state index contributed by atoms with van der Waals surface area (Å²) < 4.78 is 10.9. The number of ether oxygens (including phenoxy) is 2. The number of carbonyl (C=O) groups excluding carboxylic acids is 3. The zero-order valence-corrected chi connectivity index (χ0v) is 18.1. The van der Waals surface area contributed by atoms with Crippen LogP contribution in [0.25, 0.3) is 0 Å². The molecule has 8 nitrogen and oxygen atoms in total. The van der Waals surface area contributed by atoms with Gasteiger partial charge in [0.2, 0.25) is 0 Å². The van der Waals surface area contributed by atoms with E-state index in [9.17, 15) is 14.4 Å². The van der Waals surface area contributed by atoms with Crippen LogP contribution >= 0.6 is 34.5 Å². The van der Waals surface area contributed by atoms with Crippen molar-refractivity contribution in [3.05, 3.63) is 45.6 Å². The quantitative estimate of drug-likeness (QED) is 0.603. The molecule has 1 saturated heterocycles. The zero-order chi connectivity index (χ0) is 21.5. The van der Waals surface area contributed by atoms with Crippen LogP contribution in [0.2, 0.25) is 4.34 Å². The van der Waals surface area contributed by atoms with E-state index in [0.717, 1.165) is 17.0 Å². The van der Waals surface area contributed by atoms with Crippen LogP contribution in [0.4, 0.5) is 16.2 Å². The first-order valence-corrected chi connectivity index (χ1v) is 10.7. The van der Waals surface area contributed by atoms with Gasteiger partial charge in [0, 0.05) is 17.9 Å². The molecule has 1 fully saturated rings. The Morgan fingerprint density at radius 1 is 1.23 bits per heavy atom. The molecule has 0 unspecified atom stereocenters. The van der Waals surface area contributed by atoms with E-state index in [0.29, 0.717) is 28.1 Å². The van der Waals surface area contributed by atoms with E-state index in [1.54, 1.807) is 41.3 Å². The summed E-state index contributed by atoms with van der Waals surface area (Å²) in [4.78, 5) is 38.1. The summed E-state index contributed by atoms with van der Waals surface area (Å²) in [6.07, 6.45) is -1.42. The van der Waals surface area contributed by atoms with Crippen molar-refractivity contribution in [3.8, 4) is 0 Å². The fraction of sp³-hybridized carbons (Fsp3) is 0.316. The lowest BCUT2D eigenvalue weighted by molar-refractivity contribution is -0.125. The van der Waals surface area contributed by atoms with Crippen molar-refractivity contribution in [2.24, 2.45) is 0 Å². The highest BCUT2D eigenvalue weighted by Crippen LogP contribution is 2.21. The summed E-state index contributed by atoms with van der Waals surface area (Å²) in [6.45, 7) is 1.08. The molecule has 0 bridgehead atoms. The number of alkyl halides is 1. The van der Waals surface area contributed by atoms with Crippen molar-refractivity contribution in [1.29, 1.82) is 0 Å². The lowest BCUT2D eigenvalue weighted by atomic mass is 10.2. The molecule has 2 heterocycles. The molecule has 1 aliphatic rings. The van der Waals surface area contributed by atoms with E-state index in [-0.39, 0.29) is 30.8 Å². The number of anilines is 2. The van der Waals surface area contributed by atoms with E-state index in [2.05, 4.69) is 10.6 Å². The van der Waals surface area contributed by atoms with E-state index < -0.39 is 12.2 Å². The Labute approximate surface area is 187 Å². The minimum absolute atomic E-state index is 0.0109. The second kappa shape index (κ2) is 10.6. The number of amides is 3. The maximum absolute atomic E-state index is 12.1. The summed E-state index contributed by atoms with van der Waals surface area (Å²) in [6, 6.07) is 10.0. The number of nitrogens with zero attached hydrogens (tertiary/aromatic N) is 1. The average molecular weight is 472 g/mol. The highest BCUT2D eigenvalue weighted by molar-refractivity contribution is 7.18. The van der Waals surface area contributed by atoms with Crippen molar-refractivity contribution in [1.82, 2.24) is 5.32 Å². The third-order valence-electron chi connectivity index (χ3n) is 4.14. The first-order valence-electron chi connectivity index (χ1n) is 9.01. The van der Waals surface area contributed by atoms with Crippen LogP contribution in [0.1, 0.15) is 9.67 Å². The number of morpholine rings is 1. The van der Waals surface area contributed by atoms with Crippen molar-refractivity contribution in [2.75, 3.05) is 42.4 Å². The number of nitrogens with one attached hydrogen (secondary N) is 2. The first-order chi connectivity index (χ1) is 14.5. The van der Waals surface area contributed by atoms with Gasteiger partial charge in [-0.1, -0.05) is 11.6 Å². The number of carbonyl (C=O) groups is 3. The van der Waals surface area contributed by atoms with Crippen LogP contribution in [0.5, 0.6) is 0 Å². The molecule has 160 valence electrons. The Hall–Kier alpha value is -2.33. The molecule has 0 saturated carbocycles. The van der Waals surface area contributed by atoms with Crippen LogP contribution in [0, 0.1) is 0 Å². The predicted octanol–water partition coefficient (Wildman–Crippen LogP) is 3.35. The summed E-state index contributed by atoms with van der Waals surface area (Å²) in [5.41, 5.74) is 1.22. The molecule has 30 heavy (non-hydrogen) atoms. The minimum atomic E-state index is -0.712. The standard InChI is InChI=1S/C19H19Cl2N3O5S/c20-9-14(10-22-18(26)15-5-6-16(21)30-15)29-19(27)23-12-1-3-13(4-2-12)24-7-8-28-11-17(24)25/h1-6,14H,7-11H2,(H,22,26)(H,23,27)/t14-/m1/s1. The summed E-state index contributed by atoms with van der Waals surface area (Å²) in [5, 5.41) is 5.25. The largest absolute Gasteiger partial charge is 0.443 e. The Kier molecular flexibility index (Phi) is 7.92. The molecule has 3 amide bonds. The monoisotopic (exact) mass is 471 g/mol. The van der Waals surface area contributed by atoms with Crippen LogP contribution in [-0.2, 0) is 14.3 Å². The zero-order valence-electron chi connectivity index (χ0n) is 15.7. The van der Waals surface area contributed by atoms with Gasteiger partial charge in [-0.2, -0.15) is 0 Å². The number of benzene rings is 1. The summed E-state index contributed by atoms with van der Waals surface area (Å²) in [5.74, 6) is -0.422. The molecule has 3 rings (SSSR count). The lowest BCUT2D eigenvalue weighted by Gasteiger charge is -2.26. The van der Waals surface area contributed by atoms with Gasteiger partial charge in [-0.3, -0.25) is 14.9 Å². The minimum Gasteiger partial charge on any atom is -0.443 e. The van der Waals surface area contributed by atoms with Crippen LogP contribution < -0.4 is 15.5 Å². The van der Waals surface area contributed by atoms with Crippen molar-refractivity contribution in [3.63, 3.8) is 0 Å². The number of rotatable bonds is 7. The first kappa shape index (κ1) is 22.4. The van der Waals surface area contributed by atoms with Crippen LogP contribution in [0.15, 0.2) is 36.4 Å². The van der Waals surface area contributed by atoms with Gasteiger partial charge in [0.05, 0.1) is 28.2 Å². The molecule has 1 atom stereocenters. The Balaban J connectivity index is 1.48. The van der Waals surface area contributed by atoms with Gasteiger partial charge in [0.15, 0.2) is 0 Å². The van der Waals surface area contributed by atoms with Crippen molar-refractivity contribution in [2.45, 2.75) is 6.10 Å². The molecule has 0 spiro atoms. The topological polar surface area (TPSA) is 97.0 Å². The molecule has 1 aromatic carbocycles. The number of hydrogen-bond acceptors (Lipinski definition) is 6. The molecule has 2 aromatic rings. The molecule has 1 aliphatic heterocycles. The molecule has 11 heteroatoms. The van der Waals surface area contributed by atoms with Crippen LogP contribution in [0.3, 0.4) is 0 Å². The van der Waals surface area contributed by atoms with Crippen LogP contribution in [-0.4, -0.2) is 56.2 Å². The Morgan fingerprint density at radius 3 is 2.63 bits per heavy atom. The SMILES string of the molecule is O=C(Nc1ccc(N2CCOCC2=O)cc1)O[C@H](CCl)CNC(=O)c1ccc(Cl)s1. The number of halogens is 2. The average Bonchev–Trinajstić information content (AvgIpc) is 3.18. The smallest absolute Gasteiger partial charge is 0.411 e. The van der Waals surface area contributed by atoms with Gasteiger partial charge in [0.25, 0.3) is 11.8 Å². The van der Waals surface area contributed by atoms with E-state index >= 15 is 0 Å². The van der Waals surface area contributed by atoms with E-state index in [4.69, 9.17) is 32.7 Å². The molecule has 0 radical (unpaired) electrons. The summed E-state index contributed by atoms with van der Waals surface area (Å²) >= 11 is 12.8. The third-order valence-corrected chi connectivity index (χ3v) is 5.72. The normalized spacial score (nSPS) is 14.9. The highest BCUT2D eigenvalue weighted by atomic mass is 35.5. The maximum Gasteiger partial charge on any atom is 0.411 e. The van der Waals surface area contributed by atoms with Gasteiger partial charge in [0.1, 0.15) is 12.7 Å². The molecule has 2 N–H and O–H groups in total. The van der Waals surface area contributed by atoms with Gasteiger partial charge in [-0.05, 0) is 36.4 Å². The number of hydrogen-bond donors (Lipinski definition) is 2. The second-order valence-electron chi connectivity index (χ2n) is 6.27. The molecule has 0 aliphatic carbocycles. The highest BCUT2D eigenvalue weighted by Gasteiger charge is 2.20. The van der Waals surface area contributed by atoms with Gasteiger partial charge >= 0.3 is 6.09 Å². The summed E-state index contributed by atoms with van der Waals surface area (Å²) in [7, 11) is 0. The fourth-order valence-electron chi connectivity index (χ4n) is 2.67. The van der Waals surface area contributed by atoms with Crippen molar-refractivity contribution < 1.29 is 23.9 Å². The van der Waals surface area contributed by atoms with Crippen molar-refractivity contribution >= 4 is 63.8 Å². The maximum atomic E-state index is 12.1. The lowest BCUT2D eigenvalue weighted by Crippen LogP contribution is -2.41. The molecule has 1 aromatic heterocycles. The second-order valence-corrected chi connectivity index (χ2v) is 8.29. The predicted molar refractivity (Wildman–Crippen MR) is 116 cm³/mol. The third kappa shape index (κ3) is 6.09. The van der Waals surface area contributed by atoms with E-state index in [1.165, 1.54) is 0 Å². The van der Waals surface area contributed by atoms with Gasteiger partial charge in [-0.25, -0.2) is 4.79 Å². The molecular formula is C19H19Cl2N3O5S. The Morgan fingerprint density at radius 2 is 2.00 bits per heavy atom. The molecular weight excluding hydrogens is 453 g/mol.